The van der Waals surface area contributed by atoms with Gasteiger partial charge in [-0.25, -0.2) is 0 Å². The summed E-state index contributed by atoms with van der Waals surface area (Å²) in [4.78, 5) is 12.5. The highest BCUT2D eigenvalue weighted by Crippen LogP contribution is 2.31. The Hall–Kier alpha value is -1.84. The van der Waals surface area contributed by atoms with Gasteiger partial charge in [-0.1, -0.05) is 35.9 Å². The zero-order chi connectivity index (χ0) is 13.4. The van der Waals surface area contributed by atoms with Crippen LogP contribution < -0.4 is 11.2 Å². The van der Waals surface area contributed by atoms with E-state index in [1.165, 1.54) is 11.3 Å². The summed E-state index contributed by atoms with van der Waals surface area (Å²) < 4.78 is 0.905. The second-order valence-corrected chi connectivity index (χ2v) is 5.69. The van der Waals surface area contributed by atoms with E-state index in [1.807, 2.05) is 36.4 Å². The van der Waals surface area contributed by atoms with Crippen molar-refractivity contribution in [3.05, 3.63) is 63.8 Å². The summed E-state index contributed by atoms with van der Waals surface area (Å²) in [6.45, 7) is 0. The number of nitrogen functional groups attached to an aromatic ring is 1. The number of rotatable bonds is 1. The Labute approximate surface area is 119 Å². The Balaban J connectivity index is 2.35. The first kappa shape index (κ1) is 12.2. The first-order valence-electron chi connectivity index (χ1n) is 5.74. The minimum absolute atomic E-state index is 0.0332. The second-order valence-electron chi connectivity index (χ2n) is 4.17. The van der Waals surface area contributed by atoms with Gasteiger partial charge in [0.25, 0.3) is 0 Å². The van der Waals surface area contributed by atoms with Gasteiger partial charge in [0.1, 0.15) is 0 Å². The molecule has 0 amide bonds. The molecule has 0 aliphatic carbocycles. The lowest BCUT2D eigenvalue weighted by Crippen LogP contribution is -2.07. The van der Waals surface area contributed by atoms with Crippen LogP contribution in [0, 0.1) is 0 Å². The maximum Gasteiger partial charge on any atom is 0.197 e. The average molecular weight is 288 g/mol. The molecule has 0 saturated heterocycles. The Bertz CT molecular complexity index is 808. The van der Waals surface area contributed by atoms with E-state index in [0.29, 0.717) is 21.0 Å². The first-order chi connectivity index (χ1) is 9.16. The van der Waals surface area contributed by atoms with Crippen molar-refractivity contribution < 1.29 is 0 Å². The largest absolute Gasteiger partial charge is 0.390 e. The zero-order valence-corrected chi connectivity index (χ0v) is 11.5. The molecule has 3 rings (SSSR count). The van der Waals surface area contributed by atoms with Crippen LogP contribution in [0.5, 0.6) is 0 Å². The Morgan fingerprint density at radius 2 is 1.68 bits per heavy atom. The third-order valence-corrected chi connectivity index (χ3v) is 4.21. The molecule has 2 aromatic carbocycles. The Morgan fingerprint density at radius 1 is 1.00 bits per heavy atom. The van der Waals surface area contributed by atoms with Crippen LogP contribution >= 0.6 is 22.9 Å². The van der Waals surface area contributed by atoms with Crippen LogP contribution in [0.25, 0.3) is 21.2 Å². The fraction of sp³-hybridized carbons (Fsp3) is 0. The van der Waals surface area contributed by atoms with Gasteiger partial charge >= 0.3 is 0 Å². The van der Waals surface area contributed by atoms with E-state index in [2.05, 4.69) is 0 Å². The van der Waals surface area contributed by atoms with Gasteiger partial charge in [-0.15, -0.1) is 11.3 Å². The molecule has 0 bridgehead atoms. The van der Waals surface area contributed by atoms with Crippen molar-refractivity contribution in [2.45, 2.75) is 0 Å². The van der Waals surface area contributed by atoms with E-state index in [1.54, 1.807) is 12.1 Å². The van der Waals surface area contributed by atoms with Crippen LogP contribution in [0.2, 0.25) is 5.02 Å². The third-order valence-electron chi connectivity index (χ3n) is 2.96. The molecular weight excluding hydrogens is 278 g/mol. The summed E-state index contributed by atoms with van der Waals surface area (Å²) >= 11 is 7.29. The lowest BCUT2D eigenvalue weighted by atomic mass is 10.1. The number of halogens is 1. The summed E-state index contributed by atoms with van der Waals surface area (Å²) in [6, 6.07) is 14.6. The lowest BCUT2D eigenvalue weighted by Gasteiger charge is -2.06. The summed E-state index contributed by atoms with van der Waals surface area (Å²) in [5, 5.41) is 1.87. The van der Waals surface area contributed by atoms with Crippen LogP contribution in [0.15, 0.2) is 53.3 Å². The van der Waals surface area contributed by atoms with Crippen molar-refractivity contribution in [2.24, 2.45) is 0 Å². The topological polar surface area (TPSA) is 43.1 Å². The Morgan fingerprint density at radius 3 is 2.42 bits per heavy atom. The normalized spacial score (nSPS) is 10.8. The van der Waals surface area contributed by atoms with Crippen molar-refractivity contribution in [1.29, 1.82) is 0 Å². The predicted molar refractivity (Wildman–Crippen MR) is 83.0 cm³/mol. The van der Waals surface area contributed by atoms with Gasteiger partial charge in [0, 0.05) is 15.1 Å². The van der Waals surface area contributed by atoms with Crippen molar-refractivity contribution in [3.63, 3.8) is 0 Å². The lowest BCUT2D eigenvalue weighted by molar-refractivity contribution is 1.62. The number of hydrogen-bond acceptors (Lipinski definition) is 3. The monoisotopic (exact) mass is 287 g/mol. The van der Waals surface area contributed by atoms with Crippen molar-refractivity contribution in [1.82, 2.24) is 0 Å². The van der Waals surface area contributed by atoms with Gasteiger partial charge in [0.15, 0.2) is 5.43 Å². The molecule has 0 saturated carbocycles. The molecule has 0 aliphatic heterocycles. The molecule has 3 aromatic rings. The van der Waals surface area contributed by atoms with Gasteiger partial charge in [-0.2, -0.15) is 0 Å². The molecule has 4 heteroatoms. The fourth-order valence-electron chi connectivity index (χ4n) is 2.05. The zero-order valence-electron chi connectivity index (χ0n) is 9.89. The standard InChI is InChI=1S/C15H10ClNOS/c16-10-7-5-9(6-8-10)13-14(18)11-3-1-2-4-12(11)19-15(13)17/h1-8H,17H2. The molecule has 0 unspecified atom stereocenters. The molecule has 0 aliphatic rings. The Kier molecular flexibility index (Phi) is 3.01. The quantitative estimate of drug-likeness (QED) is 0.730. The van der Waals surface area contributed by atoms with Gasteiger partial charge in [0.2, 0.25) is 0 Å². The molecule has 2 nitrogen and oxygen atoms in total. The molecule has 2 N–H and O–H groups in total. The van der Waals surface area contributed by atoms with Crippen LogP contribution in [0.3, 0.4) is 0 Å². The van der Waals surface area contributed by atoms with Crippen molar-refractivity contribution >= 4 is 38.0 Å². The molecule has 0 atom stereocenters. The van der Waals surface area contributed by atoms with Gasteiger partial charge in [-0.05, 0) is 29.8 Å². The van der Waals surface area contributed by atoms with Gasteiger partial charge in [-0.3, -0.25) is 4.79 Å². The number of fused-ring (bicyclic) bond motifs is 1. The molecule has 0 spiro atoms. The summed E-state index contributed by atoms with van der Waals surface area (Å²) in [6.07, 6.45) is 0. The van der Waals surface area contributed by atoms with E-state index >= 15 is 0 Å². The fourth-order valence-corrected chi connectivity index (χ4v) is 3.14. The third kappa shape index (κ3) is 2.11. The van der Waals surface area contributed by atoms with E-state index in [9.17, 15) is 4.79 Å². The van der Waals surface area contributed by atoms with Crippen LogP contribution in [-0.2, 0) is 0 Å². The van der Waals surface area contributed by atoms with E-state index in [0.717, 1.165) is 10.3 Å². The highest BCUT2D eigenvalue weighted by atomic mass is 35.5. The molecule has 1 aromatic heterocycles. The average Bonchev–Trinajstić information content (AvgIpc) is 2.41. The minimum Gasteiger partial charge on any atom is -0.390 e. The molecule has 0 radical (unpaired) electrons. The second kappa shape index (κ2) is 4.68. The summed E-state index contributed by atoms with van der Waals surface area (Å²) in [7, 11) is 0. The number of benzene rings is 2. The molecule has 0 fully saturated rings. The molecular formula is C15H10ClNOS. The van der Waals surface area contributed by atoms with Gasteiger partial charge in [0.05, 0.1) is 10.6 Å². The van der Waals surface area contributed by atoms with Crippen LogP contribution in [0.1, 0.15) is 0 Å². The maximum absolute atomic E-state index is 12.5. The maximum atomic E-state index is 12.5. The van der Waals surface area contributed by atoms with E-state index in [4.69, 9.17) is 17.3 Å². The van der Waals surface area contributed by atoms with E-state index < -0.39 is 0 Å². The number of nitrogens with two attached hydrogens (primary N) is 1. The van der Waals surface area contributed by atoms with Crippen LogP contribution in [0.4, 0.5) is 5.00 Å². The summed E-state index contributed by atoms with van der Waals surface area (Å²) in [5.41, 5.74) is 7.37. The highest BCUT2D eigenvalue weighted by Gasteiger charge is 2.12. The van der Waals surface area contributed by atoms with Crippen molar-refractivity contribution in [3.8, 4) is 11.1 Å². The molecule has 19 heavy (non-hydrogen) atoms. The number of anilines is 1. The van der Waals surface area contributed by atoms with Gasteiger partial charge < -0.3 is 5.73 Å². The smallest absolute Gasteiger partial charge is 0.197 e. The van der Waals surface area contributed by atoms with Crippen LogP contribution in [-0.4, -0.2) is 0 Å². The predicted octanol–water partition coefficient (Wildman–Crippen LogP) is 4.16. The molecule has 94 valence electrons. The molecule has 1 heterocycles. The minimum atomic E-state index is -0.0332. The summed E-state index contributed by atoms with van der Waals surface area (Å²) in [5.74, 6) is 0. The first-order valence-corrected chi connectivity index (χ1v) is 6.93. The highest BCUT2D eigenvalue weighted by molar-refractivity contribution is 7.22. The van der Waals surface area contributed by atoms with E-state index in [-0.39, 0.29) is 5.43 Å². The van der Waals surface area contributed by atoms with Crippen molar-refractivity contribution in [2.75, 3.05) is 5.73 Å². The number of hydrogen-bond donors (Lipinski definition) is 1. The SMILES string of the molecule is Nc1sc2ccccc2c(=O)c1-c1ccc(Cl)cc1.